The standard InChI is InChI=1S/C8H8F3NO2/c1-13-7-3-2-5(4-6(7)12)14-8(9,10)11/h2-4H,12H2,1H3. The highest BCUT2D eigenvalue weighted by atomic mass is 19.4. The molecular formula is C8H8F3NO2. The minimum atomic E-state index is -4.71. The van der Waals surface area contributed by atoms with E-state index in [9.17, 15) is 13.2 Å². The first-order valence-electron chi connectivity index (χ1n) is 3.61. The highest BCUT2D eigenvalue weighted by Gasteiger charge is 2.31. The maximum absolute atomic E-state index is 11.8. The maximum Gasteiger partial charge on any atom is 0.573 e. The number of rotatable bonds is 2. The van der Waals surface area contributed by atoms with Crippen LogP contribution in [-0.4, -0.2) is 13.5 Å². The highest BCUT2D eigenvalue weighted by Crippen LogP contribution is 2.29. The van der Waals surface area contributed by atoms with Gasteiger partial charge in [-0.2, -0.15) is 0 Å². The molecule has 1 rings (SSSR count). The van der Waals surface area contributed by atoms with Crippen molar-refractivity contribution in [2.45, 2.75) is 6.36 Å². The molecule has 78 valence electrons. The molecule has 14 heavy (non-hydrogen) atoms. The lowest BCUT2D eigenvalue weighted by atomic mass is 10.3. The summed E-state index contributed by atoms with van der Waals surface area (Å²) in [5.41, 5.74) is 5.47. The van der Waals surface area contributed by atoms with Crippen molar-refractivity contribution in [3.63, 3.8) is 0 Å². The second-order valence-corrected chi connectivity index (χ2v) is 2.45. The van der Waals surface area contributed by atoms with Gasteiger partial charge in [0.2, 0.25) is 0 Å². The molecule has 0 radical (unpaired) electrons. The number of halogens is 3. The van der Waals surface area contributed by atoms with Gasteiger partial charge in [-0.05, 0) is 12.1 Å². The fourth-order valence-electron chi connectivity index (χ4n) is 0.910. The number of benzene rings is 1. The van der Waals surface area contributed by atoms with Crippen LogP contribution in [0.2, 0.25) is 0 Å². The molecule has 0 fully saturated rings. The van der Waals surface area contributed by atoms with Crippen molar-refractivity contribution in [2.75, 3.05) is 12.8 Å². The summed E-state index contributed by atoms with van der Waals surface area (Å²) in [7, 11) is 1.37. The SMILES string of the molecule is COc1ccc(OC(F)(F)F)cc1N. The first-order valence-corrected chi connectivity index (χ1v) is 3.61. The van der Waals surface area contributed by atoms with E-state index in [-0.39, 0.29) is 11.4 Å². The van der Waals surface area contributed by atoms with Crippen LogP contribution >= 0.6 is 0 Å². The van der Waals surface area contributed by atoms with E-state index < -0.39 is 6.36 Å². The molecular weight excluding hydrogens is 199 g/mol. The summed E-state index contributed by atoms with van der Waals surface area (Å²) >= 11 is 0. The molecule has 0 aliphatic rings. The smallest absolute Gasteiger partial charge is 0.495 e. The lowest BCUT2D eigenvalue weighted by molar-refractivity contribution is -0.274. The maximum atomic E-state index is 11.8. The molecule has 2 N–H and O–H groups in total. The van der Waals surface area contributed by atoms with Crippen LogP contribution < -0.4 is 15.2 Å². The van der Waals surface area contributed by atoms with E-state index in [4.69, 9.17) is 10.5 Å². The average Bonchev–Trinajstić information content (AvgIpc) is 2.01. The van der Waals surface area contributed by atoms with E-state index in [2.05, 4.69) is 4.74 Å². The summed E-state index contributed by atoms with van der Waals surface area (Å²) in [5.74, 6) is -0.0599. The molecule has 0 unspecified atom stereocenters. The number of methoxy groups -OCH3 is 1. The summed E-state index contributed by atoms with van der Waals surface area (Å²) < 4.78 is 43.7. The molecule has 0 atom stereocenters. The molecule has 0 spiro atoms. The van der Waals surface area contributed by atoms with Crippen LogP contribution in [-0.2, 0) is 0 Å². The molecule has 3 nitrogen and oxygen atoms in total. The summed E-state index contributed by atoms with van der Waals surface area (Å²) in [6.45, 7) is 0. The van der Waals surface area contributed by atoms with E-state index in [1.807, 2.05) is 0 Å². The monoisotopic (exact) mass is 207 g/mol. The van der Waals surface area contributed by atoms with Crippen molar-refractivity contribution < 1.29 is 22.6 Å². The number of alkyl halides is 3. The Bertz CT molecular complexity index is 325. The number of ether oxygens (including phenoxy) is 2. The largest absolute Gasteiger partial charge is 0.573 e. The molecule has 0 bridgehead atoms. The van der Waals surface area contributed by atoms with Gasteiger partial charge in [0.05, 0.1) is 12.8 Å². The van der Waals surface area contributed by atoms with Gasteiger partial charge in [-0.3, -0.25) is 0 Å². The summed E-state index contributed by atoms with van der Waals surface area (Å²) in [6.07, 6.45) is -4.71. The molecule has 0 amide bonds. The third-order valence-corrected chi connectivity index (χ3v) is 1.43. The van der Waals surface area contributed by atoms with Crippen LogP contribution in [0.5, 0.6) is 11.5 Å². The van der Waals surface area contributed by atoms with E-state index in [1.54, 1.807) is 0 Å². The van der Waals surface area contributed by atoms with E-state index in [1.165, 1.54) is 13.2 Å². The van der Waals surface area contributed by atoms with Gasteiger partial charge in [-0.25, -0.2) is 0 Å². The zero-order valence-corrected chi connectivity index (χ0v) is 7.26. The van der Waals surface area contributed by atoms with Gasteiger partial charge in [0.25, 0.3) is 0 Å². The zero-order chi connectivity index (χ0) is 10.8. The second kappa shape index (κ2) is 3.65. The van der Waals surface area contributed by atoms with Crippen molar-refractivity contribution in [2.24, 2.45) is 0 Å². The van der Waals surface area contributed by atoms with Crippen LogP contribution in [0, 0.1) is 0 Å². The minimum absolute atomic E-state index is 0.0919. The summed E-state index contributed by atoms with van der Waals surface area (Å²) in [6, 6.07) is 3.48. The van der Waals surface area contributed by atoms with Crippen molar-refractivity contribution in [3.05, 3.63) is 18.2 Å². The third kappa shape index (κ3) is 2.72. The van der Waals surface area contributed by atoms with Crippen LogP contribution in [0.1, 0.15) is 0 Å². The van der Waals surface area contributed by atoms with Crippen molar-refractivity contribution in [1.29, 1.82) is 0 Å². The topological polar surface area (TPSA) is 44.5 Å². The number of anilines is 1. The lowest BCUT2D eigenvalue weighted by Crippen LogP contribution is -2.17. The van der Waals surface area contributed by atoms with Gasteiger partial charge in [-0.1, -0.05) is 0 Å². The number of nitrogens with two attached hydrogens (primary N) is 1. The van der Waals surface area contributed by atoms with Crippen LogP contribution in [0.25, 0.3) is 0 Å². The fraction of sp³-hybridized carbons (Fsp3) is 0.250. The molecule has 0 saturated heterocycles. The average molecular weight is 207 g/mol. The molecule has 0 aliphatic carbocycles. The Morgan fingerprint density at radius 1 is 1.29 bits per heavy atom. The molecule has 1 aromatic rings. The summed E-state index contributed by atoms with van der Waals surface area (Å²) in [5, 5.41) is 0. The van der Waals surface area contributed by atoms with Crippen LogP contribution in [0.3, 0.4) is 0 Å². The van der Waals surface area contributed by atoms with Crippen molar-refractivity contribution in [3.8, 4) is 11.5 Å². The van der Waals surface area contributed by atoms with E-state index in [0.717, 1.165) is 12.1 Å². The number of nitrogen functional groups attached to an aromatic ring is 1. The van der Waals surface area contributed by atoms with E-state index >= 15 is 0 Å². The molecule has 6 heteroatoms. The van der Waals surface area contributed by atoms with Gasteiger partial charge in [0.15, 0.2) is 0 Å². The van der Waals surface area contributed by atoms with Crippen LogP contribution in [0.15, 0.2) is 18.2 Å². The number of hydrogen-bond acceptors (Lipinski definition) is 3. The molecule has 0 aromatic heterocycles. The van der Waals surface area contributed by atoms with Gasteiger partial charge in [0, 0.05) is 6.07 Å². The Morgan fingerprint density at radius 2 is 1.93 bits per heavy atom. The predicted molar refractivity (Wildman–Crippen MR) is 44.1 cm³/mol. The predicted octanol–water partition coefficient (Wildman–Crippen LogP) is 2.18. The second-order valence-electron chi connectivity index (χ2n) is 2.45. The van der Waals surface area contributed by atoms with Gasteiger partial charge >= 0.3 is 6.36 Å². The Hall–Kier alpha value is -1.59. The van der Waals surface area contributed by atoms with Crippen LogP contribution in [0.4, 0.5) is 18.9 Å². The van der Waals surface area contributed by atoms with Crippen molar-refractivity contribution in [1.82, 2.24) is 0 Å². The molecule has 0 saturated carbocycles. The Labute approximate surface area is 78.2 Å². The number of hydrogen-bond donors (Lipinski definition) is 1. The van der Waals surface area contributed by atoms with Crippen molar-refractivity contribution >= 4 is 5.69 Å². The first kappa shape index (κ1) is 10.5. The highest BCUT2D eigenvalue weighted by molar-refractivity contribution is 5.56. The fourth-order valence-corrected chi connectivity index (χ4v) is 0.910. The Morgan fingerprint density at radius 3 is 2.36 bits per heavy atom. The molecule has 0 heterocycles. The summed E-state index contributed by atoms with van der Waals surface area (Å²) in [4.78, 5) is 0. The van der Waals surface area contributed by atoms with Gasteiger partial charge in [-0.15, -0.1) is 13.2 Å². The van der Waals surface area contributed by atoms with Gasteiger partial charge < -0.3 is 15.2 Å². The molecule has 1 aromatic carbocycles. The van der Waals surface area contributed by atoms with Gasteiger partial charge in [0.1, 0.15) is 11.5 Å². The lowest BCUT2D eigenvalue weighted by Gasteiger charge is -2.10. The Kier molecular flexibility index (Phi) is 2.73. The normalized spacial score (nSPS) is 11.1. The zero-order valence-electron chi connectivity index (χ0n) is 7.26. The molecule has 0 aliphatic heterocycles. The Balaban J connectivity index is 2.87. The third-order valence-electron chi connectivity index (χ3n) is 1.43. The first-order chi connectivity index (χ1) is 6.42. The van der Waals surface area contributed by atoms with E-state index in [0.29, 0.717) is 5.75 Å². The quantitative estimate of drug-likeness (QED) is 0.756. The minimum Gasteiger partial charge on any atom is -0.495 e.